The topological polar surface area (TPSA) is 113 Å². The Morgan fingerprint density at radius 2 is 1.00 bits per heavy atom. The normalized spacial score (nSPS) is 11.4. The fourth-order valence-corrected chi connectivity index (χ4v) is 2.61. The van der Waals surface area contributed by atoms with E-state index in [0.29, 0.717) is 12.8 Å². The highest BCUT2D eigenvalue weighted by atomic mass is 16.5. The summed E-state index contributed by atoms with van der Waals surface area (Å²) in [6.45, 7) is 1.92. The Kier molecular flexibility index (Phi) is 17.1. The second-order valence-corrected chi connectivity index (χ2v) is 7.77. The molecule has 0 fully saturated rings. The van der Waals surface area contributed by atoms with Crippen LogP contribution in [-0.4, -0.2) is 60.3 Å². The van der Waals surface area contributed by atoms with Crippen molar-refractivity contribution >= 4 is 11.9 Å². The molecule has 0 aliphatic carbocycles. The van der Waals surface area contributed by atoms with Crippen LogP contribution in [0, 0.1) is 5.41 Å². The number of hydrogen-bond donors (Lipinski definition) is 3. The predicted molar refractivity (Wildman–Crippen MR) is 107 cm³/mol. The van der Waals surface area contributed by atoms with Gasteiger partial charge in [-0.25, -0.2) is 0 Å². The zero-order chi connectivity index (χ0) is 21.1. The van der Waals surface area contributed by atoms with Crippen molar-refractivity contribution in [2.75, 3.05) is 33.0 Å². The van der Waals surface area contributed by atoms with Crippen LogP contribution in [0.4, 0.5) is 0 Å². The maximum Gasteiger partial charge on any atom is 0.305 e. The number of carbonyl (C=O) groups is 2. The van der Waals surface area contributed by atoms with Crippen molar-refractivity contribution in [3.63, 3.8) is 0 Å². The third-order valence-electron chi connectivity index (χ3n) is 4.62. The number of unbranched alkanes of at least 4 members (excludes halogenated alkanes) is 8. The van der Waals surface area contributed by atoms with E-state index in [4.69, 9.17) is 19.7 Å². The summed E-state index contributed by atoms with van der Waals surface area (Å²) in [5, 5.41) is 27.0. The summed E-state index contributed by atoms with van der Waals surface area (Å²) >= 11 is 0. The fraction of sp³-hybridized carbons (Fsp3) is 0.905. The zero-order valence-corrected chi connectivity index (χ0v) is 17.5. The van der Waals surface area contributed by atoms with Crippen LogP contribution in [0.15, 0.2) is 0 Å². The first-order valence-electron chi connectivity index (χ1n) is 10.6. The molecule has 0 heterocycles. The van der Waals surface area contributed by atoms with Gasteiger partial charge in [0.05, 0.1) is 12.0 Å². The van der Waals surface area contributed by atoms with E-state index in [2.05, 4.69) is 0 Å². The van der Waals surface area contributed by atoms with Crippen LogP contribution in [0.5, 0.6) is 0 Å². The van der Waals surface area contributed by atoms with Crippen molar-refractivity contribution in [3.8, 4) is 0 Å². The Morgan fingerprint density at radius 1 is 0.643 bits per heavy atom. The maximum atomic E-state index is 11.8. The molecule has 28 heavy (non-hydrogen) atoms. The molecule has 0 saturated heterocycles. The molecule has 166 valence electrons. The molecule has 0 amide bonds. The molecule has 0 radical (unpaired) electrons. The summed E-state index contributed by atoms with van der Waals surface area (Å²) in [4.78, 5) is 23.6. The van der Waals surface area contributed by atoms with E-state index >= 15 is 0 Å². The van der Waals surface area contributed by atoms with Crippen LogP contribution in [0.2, 0.25) is 0 Å². The summed E-state index contributed by atoms with van der Waals surface area (Å²) in [5.74, 6) is -0.618. The average molecular weight is 405 g/mol. The number of rotatable bonds is 19. The molecule has 3 N–H and O–H groups in total. The first kappa shape index (κ1) is 26.8. The summed E-state index contributed by atoms with van der Waals surface area (Å²) in [5.41, 5.74) is -0.798. The largest absolute Gasteiger partial charge is 0.465 e. The smallest absolute Gasteiger partial charge is 0.305 e. The molecular formula is C21H40O7. The van der Waals surface area contributed by atoms with Crippen molar-refractivity contribution in [2.45, 2.75) is 84.0 Å². The molecule has 0 aromatic rings. The van der Waals surface area contributed by atoms with Crippen LogP contribution < -0.4 is 0 Å². The molecule has 7 heteroatoms. The Bertz CT molecular complexity index is 366. The molecule has 0 rings (SSSR count). The summed E-state index contributed by atoms with van der Waals surface area (Å²) < 4.78 is 10.5. The summed E-state index contributed by atoms with van der Waals surface area (Å²) in [6, 6.07) is 0. The van der Waals surface area contributed by atoms with Gasteiger partial charge in [-0.05, 0) is 25.7 Å². The van der Waals surface area contributed by atoms with E-state index in [1.807, 2.05) is 0 Å². The molecule has 7 nitrogen and oxygen atoms in total. The standard InChI is InChI=1S/C21H40O7/c1-21(16-24,17-27-19(25)12-8-4-2-6-10-14-22)18-28-20(26)13-9-5-3-7-11-15-23/h22-24H,2-18H2,1H3. The SMILES string of the molecule is CC(CO)(COC(=O)CCCCCCCO)COC(=O)CCCCCCCO. The van der Waals surface area contributed by atoms with E-state index in [9.17, 15) is 14.7 Å². The monoisotopic (exact) mass is 404 g/mol. The van der Waals surface area contributed by atoms with Gasteiger partial charge >= 0.3 is 11.9 Å². The third-order valence-corrected chi connectivity index (χ3v) is 4.62. The minimum absolute atomic E-state index is 0.0152. The first-order chi connectivity index (χ1) is 13.5. The Labute approximate surface area is 169 Å². The van der Waals surface area contributed by atoms with E-state index in [0.717, 1.165) is 64.2 Å². The summed E-state index contributed by atoms with van der Waals surface area (Å²) in [6.07, 6.45) is 9.47. The van der Waals surface area contributed by atoms with E-state index in [1.54, 1.807) is 6.92 Å². The fourth-order valence-electron chi connectivity index (χ4n) is 2.61. The lowest BCUT2D eigenvalue weighted by atomic mass is 9.94. The van der Waals surface area contributed by atoms with Gasteiger partial charge in [-0.1, -0.05) is 45.4 Å². The van der Waals surface area contributed by atoms with Crippen LogP contribution in [-0.2, 0) is 19.1 Å². The number of aliphatic hydroxyl groups excluding tert-OH is 3. The van der Waals surface area contributed by atoms with Gasteiger partial charge in [-0.2, -0.15) is 0 Å². The molecule has 0 aromatic carbocycles. The van der Waals surface area contributed by atoms with Crippen molar-refractivity contribution in [2.24, 2.45) is 5.41 Å². The molecule has 0 aromatic heterocycles. The van der Waals surface area contributed by atoms with E-state index in [1.165, 1.54) is 0 Å². The number of aliphatic hydroxyl groups is 3. The Morgan fingerprint density at radius 3 is 1.36 bits per heavy atom. The van der Waals surface area contributed by atoms with Gasteiger partial charge in [0.25, 0.3) is 0 Å². The Balaban J connectivity index is 3.88. The molecule has 0 saturated carbocycles. The van der Waals surface area contributed by atoms with Gasteiger partial charge in [0.15, 0.2) is 0 Å². The Hall–Kier alpha value is -1.18. The molecule has 0 bridgehead atoms. The van der Waals surface area contributed by atoms with Gasteiger partial charge in [0, 0.05) is 26.1 Å². The molecule has 0 aliphatic rings. The lowest BCUT2D eigenvalue weighted by molar-refractivity contribution is -0.155. The lowest BCUT2D eigenvalue weighted by Gasteiger charge is -2.26. The number of esters is 2. The summed E-state index contributed by atoms with van der Waals surface area (Å²) in [7, 11) is 0. The molecule has 0 atom stereocenters. The van der Waals surface area contributed by atoms with Crippen LogP contribution >= 0.6 is 0 Å². The van der Waals surface area contributed by atoms with Crippen LogP contribution in [0.1, 0.15) is 84.0 Å². The quantitative estimate of drug-likeness (QED) is 0.224. The second kappa shape index (κ2) is 17.9. The van der Waals surface area contributed by atoms with Crippen molar-refractivity contribution < 1.29 is 34.4 Å². The van der Waals surface area contributed by atoms with E-state index in [-0.39, 0.29) is 45.0 Å². The minimum Gasteiger partial charge on any atom is -0.465 e. The lowest BCUT2D eigenvalue weighted by Crippen LogP contribution is -2.35. The number of carbonyl (C=O) groups excluding carboxylic acids is 2. The molecule has 0 spiro atoms. The van der Waals surface area contributed by atoms with E-state index < -0.39 is 5.41 Å². The third kappa shape index (κ3) is 15.8. The van der Waals surface area contributed by atoms with Crippen molar-refractivity contribution in [1.29, 1.82) is 0 Å². The highest BCUT2D eigenvalue weighted by molar-refractivity contribution is 5.69. The number of hydrogen-bond acceptors (Lipinski definition) is 7. The second-order valence-electron chi connectivity index (χ2n) is 7.77. The first-order valence-corrected chi connectivity index (χ1v) is 10.6. The van der Waals surface area contributed by atoms with Gasteiger partial charge < -0.3 is 24.8 Å². The number of ether oxygens (including phenoxy) is 2. The van der Waals surface area contributed by atoms with Crippen molar-refractivity contribution in [1.82, 2.24) is 0 Å². The van der Waals surface area contributed by atoms with Crippen LogP contribution in [0.25, 0.3) is 0 Å². The average Bonchev–Trinajstić information content (AvgIpc) is 2.70. The van der Waals surface area contributed by atoms with Gasteiger partial charge in [0.1, 0.15) is 13.2 Å². The van der Waals surface area contributed by atoms with Gasteiger partial charge in [0.2, 0.25) is 0 Å². The van der Waals surface area contributed by atoms with Gasteiger partial charge in [-0.3, -0.25) is 9.59 Å². The molecule has 0 aliphatic heterocycles. The minimum atomic E-state index is -0.798. The molecule has 0 unspecified atom stereocenters. The van der Waals surface area contributed by atoms with Crippen molar-refractivity contribution in [3.05, 3.63) is 0 Å². The highest BCUT2D eigenvalue weighted by Crippen LogP contribution is 2.18. The molecular weight excluding hydrogens is 364 g/mol. The zero-order valence-electron chi connectivity index (χ0n) is 17.5. The predicted octanol–water partition coefficient (Wildman–Crippen LogP) is 2.74. The highest BCUT2D eigenvalue weighted by Gasteiger charge is 2.27. The van der Waals surface area contributed by atoms with Gasteiger partial charge in [-0.15, -0.1) is 0 Å². The van der Waals surface area contributed by atoms with Crippen LogP contribution in [0.3, 0.4) is 0 Å². The maximum absolute atomic E-state index is 11.8.